The number of carbonyl (C=O) groups excluding carboxylic acids is 2. The number of nitrogens with zero attached hydrogens (tertiary/aromatic N) is 2. The van der Waals surface area contributed by atoms with Crippen molar-refractivity contribution in [2.45, 2.75) is 57.1 Å². The largest absolute Gasteiger partial charge is 0.352 e. The Morgan fingerprint density at radius 1 is 0.925 bits per heavy atom. The smallest absolute Gasteiger partial charge is 0.264 e. The van der Waals surface area contributed by atoms with E-state index in [1.165, 1.54) is 23.1 Å². The van der Waals surface area contributed by atoms with Gasteiger partial charge in [0.15, 0.2) is 0 Å². The van der Waals surface area contributed by atoms with Gasteiger partial charge in [-0.25, -0.2) is 12.8 Å². The first kappa shape index (κ1) is 31.4. The number of sulfonamides is 1. The molecule has 0 aromatic heterocycles. The number of hydrogen-bond acceptors (Lipinski definition) is 4. The van der Waals surface area contributed by atoms with E-state index < -0.39 is 34.3 Å². The Morgan fingerprint density at radius 2 is 1.57 bits per heavy atom. The van der Waals surface area contributed by atoms with Crippen LogP contribution in [0.15, 0.2) is 77.7 Å². The van der Waals surface area contributed by atoms with Crippen molar-refractivity contribution < 1.29 is 22.4 Å². The molecule has 2 atom stereocenters. The molecule has 0 saturated heterocycles. The summed E-state index contributed by atoms with van der Waals surface area (Å²) < 4.78 is 42.4. The molecule has 0 radical (unpaired) electrons. The lowest BCUT2D eigenvalue weighted by Crippen LogP contribution is -2.53. The SMILES string of the molecule is CCC(C)NC(=O)C(CC)N(Cc1ccccc1Cl)C(=O)CN(c1ccc(F)c(Cl)c1)S(=O)(=O)c1ccccc1. The van der Waals surface area contributed by atoms with E-state index in [2.05, 4.69) is 5.32 Å². The maximum Gasteiger partial charge on any atom is 0.264 e. The summed E-state index contributed by atoms with van der Waals surface area (Å²) in [7, 11) is -4.29. The van der Waals surface area contributed by atoms with Crippen LogP contribution in [0.4, 0.5) is 10.1 Å². The molecule has 0 aliphatic carbocycles. The Morgan fingerprint density at radius 3 is 2.17 bits per heavy atom. The van der Waals surface area contributed by atoms with Gasteiger partial charge in [-0.3, -0.25) is 13.9 Å². The van der Waals surface area contributed by atoms with Gasteiger partial charge in [0.1, 0.15) is 18.4 Å². The lowest BCUT2D eigenvalue weighted by Gasteiger charge is -2.34. The molecule has 214 valence electrons. The summed E-state index contributed by atoms with van der Waals surface area (Å²) in [6.07, 6.45) is 0.960. The Labute approximate surface area is 244 Å². The van der Waals surface area contributed by atoms with Gasteiger partial charge in [0.05, 0.1) is 15.6 Å². The highest BCUT2D eigenvalue weighted by molar-refractivity contribution is 7.92. The van der Waals surface area contributed by atoms with E-state index in [1.807, 2.05) is 13.8 Å². The van der Waals surface area contributed by atoms with E-state index in [9.17, 15) is 22.4 Å². The summed E-state index contributed by atoms with van der Waals surface area (Å²) in [4.78, 5) is 28.6. The van der Waals surface area contributed by atoms with Gasteiger partial charge in [-0.15, -0.1) is 0 Å². The zero-order valence-electron chi connectivity index (χ0n) is 22.5. The first-order valence-electron chi connectivity index (χ1n) is 12.9. The van der Waals surface area contributed by atoms with E-state index in [1.54, 1.807) is 49.4 Å². The zero-order valence-corrected chi connectivity index (χ0v) is 24.8. The van der Waals surface area contributed by atoms with Gasteiger partial charge in [0.25, 0.3) is 10.0 Å². The molecule has 0 aliphatic rings. The molecular formula is C29H32Cl2FN3O4S. The number of benzene rings is 3. The molecular weight excluding hydrogens is 576 g/mol. The third-order valence-corrected chi connectivity index (χ3v) is 8.93. The van der Waals surface area contributed by atoms with Crippen molar-refractivity contribution in [3.8, 4) is 0 Å². The van der Waals surface area contributed by atoms with E-state index >= 15 is 0 Å². The zero-order chi connectivity index (χ0) is 29.4. The molecule has 0 heterocycles. The molecule has 1 N–H and O–H groups in total. The van der Waals surface area contributed by atoms with E-state index in [-0.39, 0.29) is 40.5 Å². The number of carbonyl (C=O) groups is 2. The molecule has 2 unspecified atom stereocenters. The molecule has 7 nitrogen and oxygen atoms in total. The molecule has 0 aliphatic heterocycles. The van der Waals surface area contributed by atoms with Crippen LogP contribution in [0.25, 0.3) is 0 Å². The molecule has 0 spiro atoms. The number of rotatable bonds is 12. The minimum absolute atomic E-state index is 0.00148. The second-order valence-corrected chi connectivity index (χ2v) is 12.0. The van der Waals surface area contributed by atoms with Crippen LogP contribution in [0, 0.1) is 5.82 Å². The average Bonchev–Trinajstić information content (AvgIpc) is 2.94. The molecule has 0 bridgehead atoms. The summed E-state index contributed by atoms with van der Waals surface area (Å²) in [5.41, 5.74) is 0.591. The van der Waals surface area contributed by atoms with Gasteiger partial charge in [-0.05, 0) is 61.7 Å². The first-order chi connectivity index (χ1) is 19.0. The predicted molar refractivity (Wildman–Crippen MR) is 156 cm³/mol. The lowest BCUT2D eigenvalue weighted by molar-refractivity contribution is -0.140. The Balaban J connectivity index is 2.08. The third-order valence-electron chi connectivity index (χ3n) is 6.49. The number of halogens is 3. The van der Waals surface area contributed by atoms with Gasteiger partial charge < -0.3 is 10.2 Å². The topological polar surface area (TPSA) is 86.8 Å². The minimum atomic E-state index is -4.29. The highest BCUT2D eigenvalue weighted by Crippen LogP contribution is 2.29. The van der Waals surface area contributed by atoms with Crippen LogP contribution in [0.3, 0.4) is 0 Å². The maximum atomic E-state index is 14.0. The maximum absolute atomic E-state index is 14.0. The van der Waals surface area contributed by atoms with Crippen molar-refractivity contribution >= 4 is 50.7 Å². The molecule has 2 amide bonds. The summed E-state index contributed by atoms with van der Waals surface area (Å²) in [6, 6.07) is 16.9. The second kappa shape index (κ2) is 14.0. The highest BCUT2D eigenvalue weighted by Gasteiger charge is 2.34. The normalized spacial score (nSPS) is 12.8. The lowest BCUT2D eigenvalue weighted by atomic mass is 10.1. The van der Waals surface area contributed by atoms with Crippen molar-refractivity contribution in [3.05, 3.63) is 94.2 Å². The van der Waals surface area contributed by atoms with Gasteiger partial charge in [-0.1, -0.05) is 73.4 Å². The molecule has 3 aromatic carbocycles. The quantitative estimate of drug-likeness (QED) is 0.271. The van der Waals surface area contributed by atoms with Crippen molar-refractivity contribution in [1.82, 2.24) is 10.2 Å². The number of anilines is 1. The Bertz CT molecular complexity index is 1440. The number of amides is 2. The molecule has 11 heteroatoms. The Hall–Kier alpha value is -3.14. The first-order valence-corrected chi connectivity index (χ1v) is 15.0. The van der Waals surface area contributed by atoms with Crippen LogP contribution in [-0.2, 0) is 26.2 Å². The molecule has 0 fully saturated rings. The van der Waals surface area contributed by atoms with E-state index in [0.717, 1.165) is 16.4 Å². The third kappa shape index (κ3) is 7.53. The summed E-state index contributed by atoms with van der Waals surface area (Å²) in [5.74, 6) is -1.74. The van der Waals surface area contributed by atoms with E-state index in [0.29, 0.717) is 17.0 Å². The fraction of sp³-hybridized carbons (Fsp3) is 0.310. The van der Waals surface area contributed by atoms with Gasteiger partial charge >= 0.3 is 0 Å². The van der Waals surface area contributed by atoms with Crippen molar-refractivity contribution in [3.63, 3.8) is 0 Å². The average molecular weight is 609 g/mol. The molecule has 3 aromatic rings. The van der Waals surface area contributed by atoms with Crippen LogP contribution in [-0.4, -0.2) is 43.8 Å². The summed E-state index contributed by atoms with van der Waals surface area (Å²) in [5, 5.41) is 3.01. The second-order valence-electron chi connectivity index (χ2n) is 9.28. The number of hydrogen-bond donors (Lipinski definition) is 1. The fourth-order valence-electron chi connectivity index (χ4n) is 4.06. The monoisotopic (exact) mass is 607 g/mol. The fourth-order valence-corrected chi connectivity index (χ4v) is 5.86. The predicted octanol–water partition coefficient (Wildman–Crippen LogP) is 6.05. The van der Waals surface area contributed by atoms with Crippen LogP contribution in [0.1, 0.15) is 39.2 Å². The van der Waals surface area contributed by atoms with Crippen LogP contribution in [0.2, 0.25) is 10.0 Å². The summed E-state index contributed by atoms with van der Waals surface area (Å²) >= 11 is 12.4. The molecule has 0 saturated carbocycles. The van der Waals surface area contributed by atoms with E-state index in [4.69, 9.17) is 23.2 Å². The van der Waals surface area contributed by atoms with Crippen LogP contribution >= 0.6 is 23.2 Å². The van der Waals surface area contributed by atoms with Crippen molar-refractivity contribution in [2.24, 2.45) is 0 Å². The molecule has 3 rings (SSSR count). The van der Waals surface area contributed by atoms with Crippen molar-refractivity contribution in [1.29, 1.82) is 0 Å². The van der Waals surface area contributed by atoms with Crippen LogP contribution < -0.4 is 9.62 Å². The number of nitrogens with one attached hydrogen (secondary N) is 1. The van der Waals surface area contributed by atoms with Gasteiger partial charge in [0, 0.05) is 17.6 Å². The van der Waals surface area contributed by atoms with Crippen molar-refractivity contribution in [2.75, 3.05) is 10.8 Å². The highest BCUT2D eigenvalue weighted by atomic mass is 35.5. The molecule has 40 heavy (non-hydrogen) atoms. The van der Waals surface area contributed by atoms with Crippen LogP contribution in [0.5, 0.6) is 0 Å². The minimum Gasteiger partial charge on any atom is -0.352 e. The standard InChI is InChI=1S/C29H32Cl2FN3O4S/c1-4-20(3)33-29(37)27(5-2)34(18-21-11-9-10-14-24(21)30)28(36)19-35(22-15-16-26(32)25(31)17-22)40(38,39)23-12-7-6-8-13-23/h6-17,20,27H,4-5,18-19H2,1-3H3,(H,33,37). The van der Waals surface area contributed by atoms with Gasteiger partial charge in [0.2, 0.25) is 11.8 Å². The van der Waals surface area contributed by atoms with Gasteiger partial charge in [-0.2, -0.15) is 0 Å². The summed E-state index contributed by atoms with van der Waals surface area (Å²) in [6.45, 7) is 4.85. The Kier molecular flexibility index (Phi) is 11.0.